The molecule has 0 saturated carbocycles. The number of carbonyl (C=O) groups excluding carboxylic acids is 1. The lowest BCUT2D eigenvalue weighted by Gasteiger charge is -2.16. The van der Waals surface area contributed by atoms with Gasteiger partial charge in [0, 0.05) is 20.1 Å². The van der Waals surface area contributed by atoms with Crippen LogP contribution in [0.4, 0.5) is 0 Å². The predicted octanol–water partition coefficient (Wildman–Crippen LogP) is 2.20. The zero-order valence-electron chi connectivity index (χ0n) is 10.2. The molecular weight excluding hydrogens is 218 g/mol. The number of nitrogens with zero attached hydrogens (tertiary/aromatic N) is 1. The Labute approximate surface area is 102 Å². The van der Waals surface area contributed by atoms with E-state index >= 15 is 0 Å². The summed E-state index contributed by atoms with van der Waals surface area (Å²) in [6.45, 7) is 1.39. The third-order valence-electron chi connectivity index (χ3n) is 3.10. The summed E-state index contributed by atoms with van der Waals surface area (Å²) in [5.74, 6) is 0.967. The van der Waals surface area contributed by atoms with Crippen molar-refractivity contribution < 1.29 is 13.9 Å². The van der Waals surface area contributed by atoms with Gasteiger partial charge in [0.1, 0.15) is 5.76 Å². The number of furan rings is 1. The van der Waals surface area contributed by atoms with E-state index < -0.39 is 0 Å². The molecule has 1 aromatic rings. The monoisotopic (exact) mass is 237 g/mol. The van der Waals surface area contributed by atoms with E-state index in [1.54, 1.807) is 18.2 Å². The van der Waals surface area contributed by atoms with Crippen molar-refractivity contribution in [3.05, 3.63) is 24.2 Å². The van der Waals surface area contributed by atoms with Crippen LogP contribution in [0.3, 0.4) is 0 Å². The molecule has 0 unspecified atom stereocenters. The molecule has 0 radical (unpaired) electrons. The number of hydrogen-bond donors (Lipinski definition) is 0. The van der Waals surface area contributed by atoms with Crippen molar-refractivity contribution >= 4 is 5.91 Å². The Kier molecular flexibility index (Phi) is 4.20. The summed E-state index contributed by atoms with van der Waals surface area (Å²) >= 11 is 0. The van der Waals surface area contributed by atoms with Gasteiger partial charge in [0.05, 0.1) is 18.9 Å². The lowest BCUT2D eigenvalue weighted by atomic mass is 10.1. The molecule has 0 spiro atoms. The van der Waals surface area contributed by atoms with E-state index in [1.165, 1.54) is 0 Å². The first-order valence-corrected chi connectivity index (χ1v) is 6.13. The van der Waals surface area contributed by atoms with E-state index in [9.17, 15) is 4.79 Å². The summed E-state index contributed by atoms with van der Waals surface area (Å²) in [6.07, 6.45) is 5.52. The van der Waals surface area contributed by atoms with Crippen LogP contribution in [0.2, 0.25) is 0 Å². The Morgan fingerprint density at radius 3 is 3.12 bits per heavy atom. The van der Waals surface area contributed by atoms with Crippen LogP contribution < -0.4 is 0 Å². The highest BCUT2D eigenvalue weighted by atomic mass is 16.5. The Morgan fingerprint density at radius 2 is 2.47 bits per heavy atom. The first-order chi connectivity index (χ1) is 8.25. The quantitative estimate of drug-likeness (QED) is 0.788. The van der Waals surface area contributed by atoms with Crippen molar-refractivity contribution in [1.29, 1.82) is 0 Å². The van der Waals surface area contributed by atoms with Crippen LogP contribution in [0.25, 0.3) is 0 Å². The lowest BCUT2D eigenvalue weighted by Crippen LogP contribution is -2.26. The molecule has 1 fully saturated rings. The highest BCUT2D eigenvalue weighted by molar-refractivity contribution is 5.75. The van der Waals surface area contributed by atoms with Gasteiger partial charge in [-0.15, -0.1) is 0 Å². The maximum atomic E-state index is 11.9. The number of ether oxygens (including phenoxy) is 1. The van der Waals surface area contributed by atoms with E-state index in [1.807, 2.05) is 12.1 Å². The second-order valence-electron chi connectivity index (χ2n) is 4.50. The smallest absolute Gasteiger partial charge is 0.222 e. The minimum absolute atomic E-state index is 0.150. The minimum atomic E-state index is 0.150. The third kappa shape index (κ3) is 3.60. The molecule has 0 aromatic carbocycles. The molecule has 94 valence electrons. The normalized spacial score (nSPS) is 19.5. The second kappa shape index (κ2) is 5.87. The molecule has 1 saturated heterocycles. The standard InChI is InChI=1S/C13H19NO3/c1-14(10-12-5-3-9-17-12)13(15)7-6-11-4-2-8-16-11/h3,5,9,11H,2,4,6-8,10H2,1H3/t11-/m1/s1. The average Bonchev–Trinajstić information content (AvgIpc) is 2.98. The summed E-state index contributed by atoms with van der Waals surface area (Å²) in [7, 11) is 1.81. The highest BCUT2D eigenvalue weighted by Crippen LogP contribution is 2.17. The molecular formula is C13H19NO3. The molecule has 17 heavy (non-hydrogen) atoms. The molecule has 1 atom stereocenters. The SMILES string of the molecule is CN(Cc1ccco1)C(=O)CC[C@H]1CCCO1. The van der Waals surface area contributed by atoms with Crippen molar-refractivity contribution in [2.45, 2.75) is 38.3 Å². The van der Waals surface area contributed by atoms with Crippen LogP contribution in [0.5, 0.6) is 0 Å². The summed E-state index contributed by atoms with van der Waals surface area (Å²) in [5, 5.41) is 0. The highest BCUT2D eigenvalue weighted by Gasteiger charge is 2.18. The van der Waals surface area contributed by atoms with Crippen LogP contribution in [0.1, 0.15) is 31.4 Å². The first kappa shape index (κ1) is 12.2. The van der Waals surface area contributed by atoms with Gasteiger partial charge in [-0.25, -0.2) is 0 Å². The van der Waals surface area contributed by atoms with E-state index in [2.05, 4.69) is 0 Å². The number of hydrogen-bond acceptors (Lipinski definition) is 3. The Balaban J connectivity index is 1.71. The topological polar surface area (TPSA) is 42.7 Å². The van der Waals surface area contributed by atoms with Crippen LogP contribution >= 0.6 is 0 Å². The second-order valence-corrected chi connectivity index (χ2v) is 4.50. The van der Waals surface area contributed by atoms with Gasteiger partial charge in [0.15, 0.2) is 0 Å². The van der Waals surface area contributed by atoms with Gasteiger partial charge in [-0.1, -0.05) is 0 Å². The zero-order chi connectivity index (χ0) is 12.1. The van der Waals surface area contributed by atoms with Crippen molar-refractivity contribution in [2.24, 2.45) is 0 Å². The van der Waals surface area contributed by atoms with Crippen molar-refractivity contribution in [2.75, 3.05) is 13.7 Å². The van der Waals surface area contributed by atoms with Gasteiger partial charge >= 0.3 is 0 Å². The number of amides is 1. The number of carbonyl (C=O) groups is 1. The van der Waals surface area contributed by atoms with E-state index in [-0.39, 0.29) is 12.0 Å². The van der Waals surface area contributed by atoms with Crippen LogP contribution in [-0.2, 0) is 16.1 Å². The molecule has 0 aliphatic carbocycles. The Hall–Kier alpha value is -1.29. The molecule has 1 aromatic heterocycles. The molecule has 4 heteroatoms. The largest absolute Gasteiger partial charge is 0.467 e. The third-order valence-corrected chi connectivity index (χ3v) is 3.10. The maximum Gasteiger partial charge on any atom is 0.222 e. The maximum absolute atomic E-state index is 11.9. The molecule has 1 amide bonds. The van der Waals surface area contributed by atoms with Gasteiger partial charge in [0.2, 0.25) is 5.91 Å². The molecule has 2 heterocycles. The van der Waals surface area contributed by atoms with Crippen molar-refractivity contribution in [3.8, 4) is 0 Å². The molecule has 4 nitrogen and oxygen atoms in total. The zero-order valence-corrected chi connectivity index (χ0v) is 10.2. The van der Waals surface area contributed by atoms with E-state index in [0.717, 1.165) is 31.6 Å². The summed E-state index contributed by atoms with van der Waals surface area (Å²) in [4.78, 5) is 13.6. The van der Waals surface area contributed by atoms with Crippen molar-refractivity contribution in [3.63, 3.8) is 0 Å². The van der Waals surface area contributed by atoms with Gasteiger partial charge in [-0.2, -0.15) is 0 Å². The lowest BCUT2D eigenvalue weighted by molar-refractivity contribution is -0.131. The fourth-order valence-electron chi connectivity index (χ4n) is 2.07. The molecule has 2 rings (SSSR count). The fraction of sp³-hybridized carbons (Fsp3) is 0.615. The van der Waals surface area contributed by atoms with Crippen LogP contribution in [-0.4, -0.2) is 30.6 Å². The molecule has 0 N–H and O–H groups in total. The fourth-order valence-corrected chi connectivity index (χ4v) is 2.07. The van der Waals surface area contributed by atoms with Gasteiger partial charge in [-0.3, -0.25) is 4.79 Å². The van der Waals surface area contributed by atoms with E-state index in [0.29, 0.717) is 13.0 Å². The van der Waals surface area contributed by atoms with E-state index in [4.69, 9.17) is 9.15 Å². The van der Waals surface area contributed by atoms with Crippen LogP contribution in [0, 0.1) is 0 Å². The minimum Gasteiger partial charge on any atom is -0.467 e. The average molecular weight is 237 g/mol. The van der Waals surface area contributed by atoms with Crippen LogP contribution in [0.15, 0.2) is 22.8 Å². The summed E-state index contributed by atoms with van der Waals surface area (Å²) in [6, 6.07) is 3.71. The summed E-state index contributed by atoms with van der Waals surface area (Å²) in [5.41, 5.74) is 0. The van der Waals surface area contributed by atoms with Gasteiger partial charge in [0.25, 0.3) is 0 Å². The molecule has 1 aliphatic heterocycles. The summed E-state index contributed by atoms with van der Waals surface area (Å²) < 4.78 is 10.7. The van der Waals surface area contributed by atoms with Gasteiger partial charge in [-0.05, 0) is 31.4 Å². The van der Waals surface area contributed by atoms with Gasteiger partial charge < -0.3 is 14.1 Å². The first-order valence-electron chi connectivity index (χ1n) is 6.13. The number of rotatable bonds is 5. The van der Waals surface area contributed by atoms with Crippen molar-refractivity contribution in [1.82, 2.24) is 4.90 Å². The predicted molar refractivity (Wildman–Crippen MR) is 63.4 cm³/mol. The Bertz CT molecular complexity index is 342. The molecule has 1 aliphatic rings. The Morgan fingerprint density at radius 1 is 1.59 bits per heavy atom. The molecule has 0 bridgehead atoms.